The number of carbonyl (C=O) groups excluding carboxylic acids is 1. The van der Waals surface area contributed by atoms with Crippen LogP contribution in [0.3, 0.4) is 0 Å². The van der Waals surface area contributed by atoms with Gasteiger partial charge in [-0.25, -0.2) is 4.68 Å². The second-order valence-corrected chi connectivity index (χ2v) is 11.1. The summed E-state index contributed by atoms with van der Waals surface area (Å²) in [6.45, 7) is 0.634. The van der Waals surface area contributed by atoms with Crippen LogP contribution >= 0.6 is 24.0 Å². The Labute approximate surface area is 233 Å². The van der Waals surface area contributed by atoms with Crippen molar-refractivity contribution in [2.45, 2.75) is 57.8 Å². The van der Waals surface area contributed by atoms with E-state index in [0.29, 0.717) is 15.8 Å². The molecule has 0 bridgehead atoms. The summed E-state index contributed by atoms with van der Waals surface area (Å²) in [6, 6.07) is 19.9. The number of unbranched alkanes of at least 4 members (excludes halogenated alkanes) is 7. The van der Waals surface area contributed by atoms with Crippen molar-refractivity contribution in [3.8, 4) is 16.9 Å². The van der Waals surface area contributed by atoms with Crippen molar-refractivity contribution < 1.29 is 14.7 Å². The molecule has 8 heteroatoms. The molecule has 2 aromatic carbocycles. The predicted molar refractivity (Wildman–Crippen MR) is 158 cm³/mol. The van der Waals surface area contributed by atoms with Gasteiger partial charge in [-0.15, -0.1) is 0 Å². The Morgan fingerprint density at radius 1 is 0.895 bits per heavy atom. The van der Waals surface area contributed by atoms with Crippen molar-refractivity contribution >= 4 is 46.3 Å². The Morgan fingerprint density at radius 2 is 1.50 bits per heavy atom. The van der Waals surface area contributed by atoms with E-state index in [1.807, 2.05) is 77.6 Å². The molecule has 2 heterocycles. The fourth-order valence-electron chi connectivity index (χ4n) is 4.47. The highest BCUT2D eigenvalue weighted by molar-refractivity contribution is 8.26. The molecule has 0 unspecified atom stereocenters. The lowest BCUT2D eigenvalue weighted by Gasteiger charge is -2.14. The van der Waals surface area contributed by atoms with Gasteiger partial charge < -0.3 is 5.11 Å². The van der Waals surface area contributed by atoms with Crippen molar-refractivity contribution in [3.05, 3.63) is 77.3 Å². The van der Waals surface area contributed by atoms with Crippen LogP contribution < -0.4 is 0 Å². The van der Waals surface area contributed by atoms with Gasteiger partial charge in [-0.2, -0.15) is 5.10 Å². The summed E-state index contributed by atoms with van der Waals surface area (Å²) >= 11 is 6.92. The number of rotatable bonds is 14. The highest BCUT2D eigenvalue weighted by Crippen LogP contribution is 2.35. The summed E-state index contributed by atoms with van der Waals surface area (Å²) in [6.07, 6.45) is 12.3. The van der Waals surface area contributed by atoms with Crippen LogP contribution in [0.4, 0.5) is 0 Å². The third kappa shape index (κ3) is 7.65. The molecule has 4 rings (SSSR count). The Kier molecular flexibility index (Phi) is 10.3. The lowest BCUT2D eigenvalue weighted by Crippen LogP contribution is -2.29. The van der Waals surface area contributed by atoms with Gasteiger partial charge in [0.1, 0.15) is 4.32 Å². The van der Waals surface area contributed by atoms with Crippen molar-refractivity contribution in [1.82, 2.24) is 14.7 Å². The number of benzene rings is 2. The average molecular weight is 548 g/mol. The highest BCUT2D eigenvalue weighted by Gasteiger charge is 2.32. The van der Waals surface area contributed by atoms with E-state index in [1.165, 1.54) is 11.8 Å². The van der Waals surface area contributed by atoms with Gasteiger partial charge in [-0.3, -0.25) is 14.5 Å². The van der Waals surface area contributed by atoms with E-state index < -0.39 is 5.97 Å². The molecule has 1 amide bonds. The van der Waals surface area contributed by atoms with E-state index in [-0.39, 0.29) is 12.3 Å². The zero-order valence-corrected chi connectivity index (χ0v) is 23.1. The maximum atomic E-state index is 13.2. The van der Waals surface area contributed by atoms with Gasteiger partial charge >= 0.3 is 5.97 Å². The number of thioether (sulfide) groups is 1. The number of carboxylic acids is 1. The summed E-state index contributed by atoms with van der Waals surface area (Å²) in [4.78, 5) is 26.1. The summed E-state index contributed by atoms with van der Waals surface area (Å²) < 4.78 is 2.46. The normalized spacial score (nSPS) is 14.5. The number of carbonyl (C=O) groups is 2. The molecule has 1 aromatic heterocycles. The van der Waals surface area contributed by atoms with Gasteiger partial charge in [0.15, 0.2) is 0 Å². The molecule has 1 N–H and O–H groups in total. The third-order valence-corrected chi connectivity index (χ3v) is 7.87. The smallest absolute Gasteiger partial charge is 0.303 e. The standard InChI is InChI=1S/C30H33N3O3S2/c34-27(35)19-13-5-3-1-2-4-6-14-20-32-29(36)26(38-30(32)37)21-24-22-33(25-17-11-8-12-18-25)31-28(24)23-15-9-7-10-16-23/h7-12,15-18,21-22H,1-6,13-14,19-20H2,(H,34,35). The van der Waals surface area contributed by atoms with E-state index in [0.717, 1.165) is 73.9 Å². The second-order valence-electron chi connectivity index (χ2n) is 9.38. The lowest BCUT2D eigenvalue weighted by atomic mass is 10.1. The zero-order chi connectivity index (χ0) is 26.7. The summed E-state index contributed by atoms with van der Waals surface area (Å²) in [7, 11) is 0. The minimum absolute atomic E-state index is 0.0371. The Hall–Kier alpha value is -3.23. The summed E-state index contributed by atoms with van der Waals surface area (Å²) in [5.74, 6) is -0.751. The Morgan fingerprint density at radius 3 is 2.16 bits per heavy atom. The SMILES string of the molecule is O=C(O)CCCCCCCCCCN1C(=O)C(=Cc2cn(-c3ccccc3)nc2-c2ccccc2)SC1=S. The summed E-state index contributed by atoms with van der Waals surface area (Å²) in [5, 5.41) is 13.5. The number of nitrogens with zero attached hydrogens (tertiary/aromatic N) is 3. The number of hydrogen-bond donors (Lipinski definition) is 1. The molecule has 1 aliphatic rings. The molecule has 1 fully saturated rings. The van der Waals surface area contributed by atoms with E-state index in [2.05, 4.69) is 0 Å². The molecule has 0 saturated carbocycles. The first kappa shape index (κ1) is 27.8. The molecule has 0 radical (unpaired) electrons. The minimum Gasteiger partial charge on any atom is -0.481 e. The predicted octanol–water partition coefficient (Wildman–Crippen LogP) is 7.34. The molecule has 0 atom stereocenters. The van der Waals surface area contributed by atoms with Gasteiger partial charge in [0.05, 0.1) is 16.3 Å². The van der Waals surface area contributed by atoms with Crippen LogP contribution in [0, 0.1) is 0 Å². The fraction of sp³-hybridized carbons (Fsp3) is 0.333. The van der Waals surface area contributed by atoms with Crippen molar-refractivity contribution in [2.75, 3.05) is 6.54 Å². The maximum absolute atomic E-state index is 13.2. The van der Waals surface area contributed by atoms with Crippen LogP contribution in [-0.2, 0) is 9.59 Å². The van der Waals surface area contributed by atoms with Crippen molar-refractivity contribution in [3.63, 3.8) is 0 Å². The number of carboxylic acid groups (broad SMARTS) is 1. The molecular formula is C30H33N3O3S2. The van der Waals surface area contributed by atoms with Crippen LogP contribution in [0.1, 0.15) is 63.4 Å². The monoisotopic (exact) mass is 547 g/mol. The number of hydrogen-bond acceptors (Lipinski definition) is 5. The maximum Gasteiger partial charge on any atom is 0.303 e. The molecule has 6 nitrogen and oxygen atoms in total. The number of para-hydroxylation sites is 1. The van der Waals surface area contributed by atoms with Crippen molar-refractivity contribution in [1.29, 1.82) is 0 Å². The molecule has 1 aliphatic heterocycles. The molecule has 0 aliphatic carbocycles. The van der Waals surface area contributed by atoms with Crippen LogP contribution in [0.15, 0.2) is 71.8 Å². The third-order valence-electron chi connectivity index (χ3n) is 6.49. The summed E-state index contributed by atoms with van der Waals surface area (Å²) in [5.41, 5.74) is 3.65. The molecule has 3 aromatic rings. The van der Waals surface area contributed by atoms with E-state index in [4.69, 9.17) is 22.4 Å². The largest absolute Gasteiger partial charge is 0.481 e. The Balaban J connectivity index is 1.35. The van der Waals surface area contributed by atoms with Crippen LogP contribution in [0.2, 0.25) is 0 Å². The average Bonchev–Trinajstić information content (AvgIpc) is 3.46. The zero-order valence-electron chi connectivity index (χ0n) is 21.4. The van der Waals surface area contributed by atoms with E-state index >= 15 is 0 Å². The second kappa shape index (κ2) is 14.1. The van der Waals surface area contributed by atoms with Crippen LogP contribution in [0.25, 0.3) is 23.0 Å². The highest BCUT2D eigenvalue weighted by atomic mass is 32.2. The molecule has 198 valence electrons. The number of amides is 1. The molecule has 38 heavy (non-hydrogen) atoms. The van der Waals surface area contributed by atoms with Crippen LogP contribution in [0.5, 0.6) is 0 Å². The molecular weight excluding hydrogens is 514 g/mol. The Bertz CT molecular complexity index is 1270. The van der Waals surface area contributed by atoms with E-state index in [1.54, 1.807) is 4.90 Å². The van der Waals surface area contributed by atoms with Gasteiger partial charge in [0.25, 0.3) is 5.91 Å². The molecule has 0 spiro atoms. The van der Waals surface area contributed by atoms with E-state index in [9.17, 15) is 9.59 Å². The topological polar surface area (TPSA) is 75.4 Å². The van der Waals surface area contributed by atoms with Crippen molar-refractivity contribution in [2.24, 2.45) is 0 Å². The number of aliphatic carboxylic acids is 1. The number of aromatic nitrogens is 2. The van der Waals surface area contributed by atoms with Gasteiger partial charge in [0, 0.05) is 30.3 Å². The molecule has 1 saturated heterocycles. The first-order valence-corrected chi connectivity index (χ1v) is 14.4. The number of thiocarbonyl (C=S) groups is 1. The lowest BCUT2D eigenvalue weighted by molar-refractivity contribution is -0.137. The minimum atomic E-state index is -0.713. The first-order valence-electron chi connectivity index (χ1n) is 13.2. The first-order chi connectivity index (χ1) is 18.5. The van der Waals surface area contributed by atoms with Crippen LogP contribution in [-0.4, -0.2) is 42.5 Å². The van der Waals surface area contributed by atoms with Gasteiger partial charge in [0.2, 0.25) is 0 Å². The van der Waals surface area contributed by atoms with Gasteiger partial charge in [-0.05, 0) is 31.1 Å². The van der Waals surface area contributed by atoms with Gasteiger partial charge in [-0.1, -0.05) is 111 Å². The quantitative estimate of drug-likeness (QED) is 0.129. The fourth-order valence-corrected chi connectivity index (χ4v) is 5.77.